The lowest BCUT2D eigenvalue weighted by Crippen LogP contribution is -2.09. The predicted molar refractivity (Wildman–Crippen MR) is 51.2 cm³/mol. The van der Waals surface area contributed by atoms with Crippen LogP contribution in [0.15, 0.2) is 16.6 Å². The van der Waals surface area contributed by atoms with Crippen LogP contribution in [0.25, 0.3) is 0 Å². The summed E-state index contributed by atoms with van der Waals surface area (Å²) >= 11 is 3.20. The summed E-state index contributed by atoms with van der Waals surface area (Å²) in [4.78, 5) is 15.2. The molecule has 0 bridgehead atoms. The van der Waals surface area contributed by atoms with Crippen molar-refractivity contribution in [3.63, 3.8) is 0 Å². The van der Waals surface area contributed by atoms with Gasteiger partial charge in [-0.2, -0.15) is 0 Å². The van der Waals surface area contributed by atoms with Crippen molar-refractivity contribution in [3.8, 4) is 0 Å². The molecule has 0 atom stereocenters. The molecule has 1 rings (SSSR count). The van der Waals surface area contributed by atoms with E-state index in [2.05, 4.69) is 25.7 Å². The Bertz CT molecular complexity index is 328. The fourth-order valence-electron chi connectivity index (χ4n) is 0.836. The van der Waals surface area contributed by atoms with Crippen LogP contribution in [-0.2, 0) is 11.3 Å². The highest BCUT2D eigenvalue weighted by atomic mass is 79.9. The maximum Gasteiger partial charge on any atom is 0.357 e. The minimum atomic E-state index is -0.470. The Labute approximate surface area is 84.2 Å². The van der Waals surface area contributed by atoms with E-state index in [-0.39, 0.29) is 5.69 Å². The number of methoxy groups -OCH3 is 1. The number of aromatic nitrogens is 1. The van der Waals surface area contributed by atoms with Crippen molar-refractivity contribution in [3.05, 3.63) is 28.0 Å². The summed E-state index contributed by atoms with van der Waals surface area (Å²) in [6.45, 7) is 0.303. The Hall–Kier alpha value is -0.940. The van der Waals surface area contributed by atoms with Crippen LogP contribution in [0, 0.1) is 0 Å². The van der Waals surface area contributed by atoms with Gasteiger partial charge >= 0.3 is 5.97 Å². The highest BCUT2D eigenvalue weighted by Gasteiger charge is 2.12. The molecule has 0 aliphatic rings. The van der Waals surface area contributed by atoms with Gasteiger partial charge in [-0.1, -0.05) is 0 Å². The van der Waals surface area contributed by atoms with Crippen LogP contribution in [0.2, 0.25) is 0 Å². The van der Waals surface area contributed by atoms with Crippen LogP contribution in [0.5, 0.6) is 0 Å². The van der Waals surface area contributed by atoms with Gasteiger partial charge in [0.15, 0.2) is 5.69 Å². The standard InChI is InChI=1S/C8H9BrN2O2/c1-13-8(12)7-6(9)3-2-5(4-10)11-7/h2-3H,4,10H2,1H3. The van der Waals surface area contributed by atoms with Gasteiger partial charge in [-0.15, -0.1) is 0 Å². The first kappa shape index (κ1) is 10.1. The maximum atomic E-state index is 11.1. The van der Waals surface area contributed by atoms with Gasteiger partial charge in [0.05, 0.1) is 17.3 Å². The molecule has 0 spiro atoms. The number of pyridine rings is 1. The van der Waals surface area contributed by atoms with Crippen molar-refractivity contribution in [1.82, 2.24) is 4.98 Å². The smallest absolute Gasteiger partial charge is 0.357 e. The average molecular weight is 245 g/mol. The van der Waals surface area contributed by atoms with E-state index in [1.165, 1.54) is 7.11 Å². The molecule has 5 heteroatoms. The van der Waals surface area contributed by atoms with Gasteiger partial charge in [0, 0.05) is 6.54 Å². The first-order valence-corrected chi connectivity index (χ1v) is 4.42. The molecule has 70 valence electrons. The van der Waals surface area contributed by atoms with E-state index in [4.69, 9.17) is 5.73 Å². The second kappa shape index (κ2) is 4.34. The summed E-state index contributed by atoms with van der Waals surface area (Å²) in [5.41, 5.74) is 6.29. The van der Waals surface area contributed by atoms with Crippen molar-refractivity contribution in [1.29, 1.82) is 0 Å². The second-order valence-electron chi connectivity index (χ2n) is 2.33. The summed E-state index contributed by atoms with van der Waals surface area (Å²) in [5.74, 6) is -0.470. The summed E-state index contributed by atoms with van der Waals surface area (Å²) in [7, 11) is 1.31. The van der Waals surface area contributed by atoms with Crippen molar-refractivity contribution in [2.45, 2.75) is 6.54 Å². The molecule has 1 aromatic heterocycles. The van der Waals surface area contributed by atoms with Gasteiger partial charge < -0.3 is 10.5 Å². The lowest BCUT2D eigenvalue weighted by molar-refractivity contribution is 0.0592. The zero-order chi connectivity index (χ0) is 9.84. The lowest BCUT2D eigenvalue weighted by Gasteiger charge is -2.03. The molecule has 1 heterocycles. The summed E-state index contributed by atoms with van der Waals surface area (Å²) < 4.78 is 5.15. The van der Waals surface area contributed by atoms with Gasteiger partial charge in [-0.05, 0) is 28.1 Å². The zero-order valence-corrected chi connectivity index (χ0v) is 8.67. The molecular formula is C8H9BrN2O2. The molecule has 0 unspecified atom stereocenters. The molecule has 0 radical (unpaired) electrons. The van der Waals surface area contributed by atoms with E-state index in [0.717, 1.165) is 0 Å². The summed E-state index contributed by atoms with van der Waals surface area (Å²) in [6.07, 6.45) is 0. The van der Waals surface area contributed by atoms with Crippen LogP contribution in [0.1, 0.15) is 16.2 Å². The SMILES string of the molecule is COC(=O)c1nc(CN)ccc1Br. The normalized spacial score (nSPS) is 9.77. The molecule has 4 nitrogen and oxygen atoms in total. The number of carbonyl (C=O) groups excluding carboxylic acids is 1. The monoisotopic (exact) mass is 244 g/mol. The van der Waals surface area contributed by atoms with E-state index in [0.29, 0.717) is 16.7 Å². The number of nitrogens with zero attached hydrogens (tertiary/aromatic N) is 1. The van der Waals surface area contributed by atoms with Crippen LogP contribution < -0.4 is 5.73 Å². The predicted octanol–water partition coefficient (Wildman–Crippen LogP) is 1.09. The van der Waals surface area contributed by atoms with Crippen molar-refractivity contribution in [2.75, 3.05) is 7.11 Å². The number of carbonyl (C=O) groups is 1. The fourth-order valence-corrected chi connectivity index (χ4v) is 1.22. The molecule has 0 aliphatic carbocycles. The van der Waals surface area contributed by atoms with Crippen LogP contribution >= 0.6 is 15.9 Å². The first-order valence-electron chi connectivity index (χ1n) is 3.63. The molecule has 0 fully saturated rings. The Kier molecular flexibility index (Phi) is 3.39. The van der Waals surface area contributed by atoms with Crippen molar-refractivity contribution >= 4 is 21.9 Å². The molecule has 1 aromatic rings. The summed E-state index contributed by atoms with van der Waals surface area (Å²) in [5, 5.41) is 0. The summed E-state index contributed by atoms with van der Waals surface area (Å²) in [6, 6.07) is 3.47. The van der Waals surface area contributed by atoms with Gasteiger partial charge in [-0.25, -0.2) is 9.78 Å². The zero-order valence-electron chi connectivity index (χ0n) is 7.08. The Balaban J connectivity index is 3.11. The number of hydrogen-bond acceptors (Lipinski definition) is 4. The Morgan fingerprint density at radius 2 is 2.38 bits per heavy atom. The van der Waals surface area contributed by atoms with Crippen LogP contribution in [-0.4, -0.2) is 18.1 Å². The number of nitrogens with two attached hydrogens (primary N) is 1. The van der Waals surface area contributed by atoms with Crippen LogP contribution in [0.4, 0.5) is 0 Å². The highest BCUT2D eigenvalue weighted by Crippen LogP contribution is 2.15. The number of hydrogen-bond donors (Lipinski definition) is 1. The van der Waals surface area contributed by atoms with Gasteiger partial charge in [0.1, 0.15) is 0 Å². The average Bonchev–Trinajstić information content (AvgIpc) is 2.17. The molecule has 13 heavy (non-hydrogen) atoms. The van der Waals surface area contributed by atoms with Crippen molar-refractivity contribution in [2.24, 2.45) is 5.73 Å². The van der Waals surface area contributed by atoms with E-state index in [1.807, 2.05) is 0 Å². The van der Waals surface area contributed by atoms with Gasteiger partial charge in [-0.3, -0.25) is 0 Å². The maximum absolute atomic E-state index is 11.1. The number of ether oxygens (including phenoxy) is 1. The number of rotatable bonds is 2. The quantitative estimate of drug-likeness (QED) is 0.792. The minimum Gasteiger partial charge on any atom is -0.464 e. The van der Waals surface area contributed by atoms with Crippen LogP contribution in [0.3, 0.4) is 0 Å². The van der Waals surface area contributed by atoms with E-state index in [9.17, 15) is 4.79 Å². The molecule has 2 N–H and O–H groups in total. The number of halogens is 1. The fraction of sp³-hybridized carbons (Fsp3) is 0.250. The highest BCUT2D eigenvalue weighted by molar-refractivity contribution is 9.10. The third kappa shape index (κ3) is 2.26. The minimum absolute atomic E-state index is 0.255. The largest absolute Gasteiger partial charge is 0.464 e. The van der Waals surface area contributed by atoms with Crippen molar-refractivity contribution < 1.29 is 9.53 Å². The molecule has 0 aromatic carbocycles. The molecule has 0 amide bonds. The molecule has 0 saturated heterocycles. The van der Waals surface area contributed by atoms with E-state index in [1.54, 1.807) is 12.1 Å². The number of esters is 1. The van der Waals surface area contributed by atoms with E-state index >= 15 is 0 Å². The second-order valence-corrected chi connectivity index (χ2v) is 3.18. The Morgan fingerprint density at radius 3 is 2.92 bits per heavy atom. The molecule has 0 aliphatic heterocycles. The van der Waals surface area contributed by atoms with E-state index < -0.39 is 5.97 Å². The third-order valence-electron chi connectivity index (χ3n) is 1.49. The topological polar surface area (TPSA) is 65.2 Å². The van der Waals surface area contributed by atoms with Gasteiger partial charge in [0.25, 0.3) is 0 Å². The third-order valence-corrected chi connectivity index (χ3v) is 2.13. The lowest BCUT2D eigenvalue weighted by atomic mass is 10.3. The molecular weight excluding hydrogens is 236 g/mol. The molecule has 0 saturated carbocycles. The Morgan fingerprint density at radius 1 is 1.69 bits per heavy atom. The first-order chi connectivity index (χ1) is 6.19. The van der Waals surface area contributed by atoms with Gasteiger partial charge in [0.2, 0.25) is 0 Å².